The minimum atomic E-state index is 0.207. The maximum Gasteiger partial charge on any atom is 0.155 e. The summed E-state index contributed by atoms with van der Waals surface area (Å²) < 4.78 is 0. The smallest absolute Gasteiger partial charge is 0.155 e. The van der Waals surface area contributed by atoms with Gasteiger partial charge in [0.05, 0.1) is 0 Å². The fraction of sp³-hybridized carbons (Fsp3) is 0.818. The first-order valence-corrected chi connectivity index (χ1v) is 10.1. The van der Waals surface area contributed by atoms with Crippen LogP contribution in [0.4, 0.5) is 0 Å². The quantitative estimate of drug-likeness (QED) is 0.671. The molecule has 0 amide bonds. The van der Waals surface area contributed by atoms with Crippen molar-refractivity contribution in [3.63, 3.8) is 0 Å². The van der Waals surface area contributed by atoms with E-state index in [-0.39, 0.29) is 11.3 Å². The van der Waals surface area contributed by atoms with Crippen LogP contribution in [-0.4, -0.2) is 12.1 Å². The molecule has 3 saturated carbocycles. The molecule has 0 N–H and O–H groups in total. The molecule has 4 aliphatic carbocycles. The molecular weight excluding hydrogens is 296 g/mol. The maximum atomic E-state index is 11.9. The number of carbonyl (C=O) groups is 2. The molecule has 0 aromatic heterocycles. The molecule has 0 unspecified atom stereocenters. The van der Waals surface area contributed by atoms with Crippen LogP contribution in [-0.2, 0) is 9.59 Å². The Labute approximate surface area is 146 Å². The van der Waals surface area contributed by atoms with E-state index in [2.05, 4.69) is 20.8 Å². The van der Waals surface area contributed by atoms with E-state index in [9.17, 15) is 9.59 Å². The summed E-state index contributed by atoms with van der Waals surface area (Å²) in [6.07, 6.45) is 12.5. The lowest BCUT2D eigenvalue weighted by Gasteiger charge is -2.58. The number of hydrogen-bond acceptors (Lipinski definition) is 2. The predicted octanol–water partition coefficient (Wildman–Crippen LogP) is 4.97. The number of ketones is 1. The lowest BCUT2D eigenvalue weighted by molar-refractivity contribution is -0.118. The van der Waals surface area contributed by atoms with Crippen LogP contribution < -0.4 is 0 Å². The average Bonchev–Trinajstić information content (AvgIpc) is 2.92. The molecular formula is C22H32O2. The zero-order chi connectivity index (χ0) is 17.1. The van der Waals surface area contributed by atoms with Crippen molar-refractivity contribution in [1.29, 1.82) is 0 Å². The summed E-state index contributed by atoms with van der Waals surface area (Å²) >= 11 is 0. The number of allylic oxidation sites excluding steroid dienone is 1. The second kappa shape index (κ2) is 5.54. The third-order valence-electron chi connectivity index (χ3n) is 8.88. The van der Waals surface area contributed by atoms with Gasteiger partial charge in [-0.15, -0.1) is 0 Å². The van der Waals surface area contributed by atoms with Crippen LogP contribution >= 0.6 is 0 Å². The Hall–Kier alpha value is -0.920. The van der Waals surface area contributed by atoms with Crippen LogP contribution in [0, 0.1) is 40.4 Å². The normalized spacial score (nSPS) is 48.8. The summed E-state index contributed by atoms with van der Waals surface area (Å²) in [6.45, 7) is 7.07. The summed E-state index contributed by atoms with van der Waals surface area (Å²) in [5.74, 6) is 3.50. The van der Waals surface area contributed by atoms with Gasteiger partial charge in [-0.25, -0.2) is 0 Å². The summed E-state index contributed by atoms with van der Waals surface area (Å²) in [4.78, 5) is 23.3. The Balaban J connectivity index is 1.65. The topological polar surface area (TPSA) is 34.1 Å². The Morgan fingerprint density at radius 1 is 1.08 bits per heavy atom. The first-order chi connectivity index (χ1) is 11.4. The predicted molar refractivity (Wildman–Crippen MR) is 95.4 cm³/mol. The highest BCUT2D eigenvalue weighted by molar-refractivity contribution is 5.91. The Morgan fingerprint density at radius 2 is 1.88 bits per heavy atom. The van der Waals surface area contributed by atoms with Crippen LogP contribution in [0.2, 0.25) is 0 Å². The molecule has 3 fully saturated rings. The van der Waals surface area contributed by atoms with Crippen molar-refractivity contribution in [2.45, 2.75) is 72.1 Å². The molecule has 4 rings (SSSR count). The molecule has 132 valence electrons. The van der Waals surface area contributed by atoms with Crippen molar-refractivity contribution in [2.24, 2.45) is 40.4 Å². The monoisotopic (exact) mass is 328 g/mol. The number of hydrogen-bond donors (Lipinski definition) is 0. The van der Waals surface area contributed by atoms with Gasteiger partial charge >= 0.3 is 0 Å². The molecule has 4 aliphatic rings. The van der Waals surface area contributed by atoms with Crippen LogP contribution in [0.5, 0.6) is 0 Å². The number of fused-ring (bicyclic) bond motifs is 5. The van der Waals surface area contributed by atoms with Gasteiger partial charge in [0.1, 0.15) is 6.29 Å². The third-order valence-corrected chi connectivity index (χ3v) is 8.88. The molecule has 7 atom stereocenters. The zero-order valence-corrected chi connectivity index (χ0v) is 15.5. The fourth-order valence-corrected chi connectivity index (χ4v) is 7.56. The van der Waals surface area contributed by atoms with Gasteiger partial charge in [0.25, 0.3) is 0 Å². The second-order valence-electron chi connectivity index (χ2n) is 9.69. The summed E-state index contributed by atoms with van der Waals surface area (Å²) in [5.41, 5.74) is 2.09. The number of carbonyl (C=O) groups excluding carboxylic acids is 2. The highest BCUT2D eigenvalue weighted by Gasteiger charge is 2.59. The van der Waals surface area contributed by atoms with Crippen LogP contribution in [0.1, 0.15) is 72.1 Å². The molecule has 0 radical (unpaired) electrons. The molecule has 0 aromatic carbocycles. The molecule has 0 saturated heterocycles. The van der Waals surface area contributed by atoms with E-state index in [1.54, 1.807) is 0 Å². The number of rotatable bonds is 2. The van der Waals surface area contributed by atoms with E-state index < -0.39 is 0 Å². The molecule has 0 aromatic rings. The van der Waals surface area contributed by atoms with Crippen molar-refractivity contribution in [3.8, 4) is 0 Å². The van der Waals surface area contributed by atoms with Crippen LogP contribution in [0.15, 0.2) is 11.6 Å². The SMILES string of the molecule is C[C@@H](C=O)[C@@H]1CC[C@H]2[C@H]3CCC4=CC(=O)CC[C@@]4(C)[C@@H]3CC[C@@]21C. The first kappa shape index (κ1) is 16.5. The van der Waals surface area contributed by atoms with Crippen LogP contribution in [0.25, 0.3) is 0 Å². The van der Waals surface area contributed by atoms with Gasteiger partial charge in [-0.1, -0.05) is 26.3 Å². The molecule has 24 heavy (non-hydrogen) atoms. The molecule has 0 aliphatic heterocycles. The molecule has 0 heterocycles. The Morgan fingerprint density at radius 3 is 2.62 bits per heavy atom. The Bertz CT molecular complexity index is 591. The van der Waals surface area contributed by atoms with Gasteiger partial charge in [0.2, 0.25) is 0 Å². The van der Waals surface area contributed by atoms with Gasteiger partial charge in [-0.3, -0.25) is 4.79 Å². The van der Waals surface area contributed by atoms with Crippen molar-refractivity contribution < 1.29 is 9.59 Å². The van der Waals surface area contributed by atoms with Gasteiger partial charge in [0.15, 0.2) is 5.78 Å². The van der Waals surface area contributed by atoms with Gasteiger partial charge in [0, 0.05) is 12.3 Å². The largest absolute Gasteiger partial charge is 0.303 e. The van der Waals surface area contributed by atoms with E-state index in [1.165, 1.54) is 44.0 Å². The maximum absolute atomic E-state index is 11.9. The summed E-state index contributed by atoms with van der Waals surface area (Å²) in [5, 5.41) is 0. The summed E-state index contributed by atoms with van der Waals surface area (Å²) in [6, 6.07) is 0. The average molecular weight is 328 g/mol. The molecule has 0 bridgehead atoms. The standard InChI is InChI=1S/C22H32O2/c1-14(13-23)18-6-7-19-17-5-4-15-12-16(24)8-10-21(15,2)20(17)9-11-22(18,19)3/h12-14,17-20H,4-11H2,1-3H3/t14-,17+,18-,19-,20+,21+,22+/m0/s1. The van der Waals surface area contributed by atoms with E-state index in [0.29, 0.717) is 17.1 Å². The first-order valence-electron chi connectivity index (χ1n) is 10.1. The number of aldehydes is 1. The molecule has 2 nitrogen and oxygen atoms in total. The lowest BCUT2D eigenvalue weighted by atomic mass is 9.46. The van der Waals surface area contributed by atoms with Crippen molar-refractivity contribution in [1.82, 2.24) is 0 Å². The fourth-order valence-electron chi connectivity index (χ4n) is 7.56. The zero-order valence-electron chi connectivity index (χ0n) is 15.5. The second-order valence-corrected chi connectivity index (χ2v) is 9.69. The third kappa shape index (κ3) is 2.14. The van der Waals surface area contributed by atoms with Gasteiger partial charge in [-0.05, 0) is 85.5 Å². The van der Waals surface area contributed by atoms with Crippen molar-refractivity contribution >= 4 is 12.1 Å². The van der Waals surface area contributed by atoms with Gasteiger partial charge < -0.3 is 4.79 Å². The van der Waals surface area contributed by atoms with E-state index in [4.69, 9.17) is 0 Å². The highest BCUT2D eigenvalue weighted by Crippen LogP contribution is 2.67. The minimum absolute atomic E-state index is 0.207. The molecule has 2 heteroatoms. The van der Waals surface area contributed by atoms with E-state index in [1.807, 2.05) is 6.08 Å². The van der Waals surface area contributed by atoms with E-state index in [0.717, 1.165) is 37.0 Å². The Kier molecular flexibility index (Phi) is 3.82. The lowest BCUT2D eigenvalue weighted by Crippen LogP contribution is -2.51. The van der Waals surface area contributed by atoms with E-state index >= 15 is 0 Å². The molecule has 0 spiro atoms. The van der Waals surface area contributed by atoms with Gasteiger partial charge in [-0.2, -0.15) is 0 Å². The minimum Gasteiger partial charge on any atom is -0.303 e. The summed E-state index contributed by atoms with van der Waals surface area (Å²) in [7, 11) is 0. The van der Waals surface area contributed by atoms with Crippen molar-refractivity contribution in [3.05, 3.63) is 11.6 Å². The van der Waals surface area contributed by atoms with Crippen LogP contribution in [0.3, 0.4) is 0 Å². The highest BCUT2D eigenvalue weighted by atomic mass is 16.1. The van der Waals surface area contributed by atoms with Crippen molar-refractivity contribution in [2.75, 3.05) is 0 Å².